The van der Waals surface area contributed by atoms with Crippen LogP contribution in [-0.4, -0.2) is 44.1 Å². The molecule has 1 aliphatic heterocycles. The number of amides is 2. The summed E-state index contributed by atoms with van der Waals surface area (Å²) >= 11 is 0. The van der Waals surface area contributed by atoms with Gasteiger partial charge in [-0.25, -0.2) is 14.5 Å². The molecule has 0 bridgehead atoms. The van der Waals surface area contributed by atoms with Crippen LogP contribution in [0.2, 0.25) is 0 Å². The highest BCUT2D eigenvalue weighted by molar-refractivity contribution is 5.74. The molecule has 0 radical (unpaired) electrons. The fourth-order valence-electron chi connectivity index (χ4n) is 3.99. The molecule has 2 aliphatic rings. The molecule has 1 aliphatic carbocycles. The van der Waals surface area contributed by atoms with Crippen LogP contribution in [0.4, 0.5) is 4.79 Å². The summed E-state index contributed by atoms with van der Waals surface area (Å²) in [4.78, 5) is 16.7. The number of aryl methyl sites for hydroxylation is 2. The van der Waals surface area contributed by atoms with Crippen LogP contribution in [0.15, 0.2) is 0 Å². The van der Waals surface area contributed by atoms with E-state index in [0.29, 0.717) is 13.1 Å². The molecule has 3 rings (SSSR count). The van der Waals surface area contributed by atoms with Gasteiger partial charge in [-0.1, -0.05) is 26.2 Å². The first-order valence-corrected chi connectivity index (χ1v) is 9.67. The Labute approximate surface area is 149 Å². The monoisotopic (exact) mass is 349 g/mol. The number of rotatable bonds is 5. The van der Waals surface area contributed by atoms with Crippen molar-refractivity contribution >= 4 is 6.03 Å². The molecular formula is C18H31N5O2. The van der Waals surface area contributed by atoms with E-state index in [1.807, 2.05) is 18.5 Å². The van der Waals surface area contributed by atoms with E-state index < -0.39 is 5.60 Å². The van der Waals surface area contributed by atoms with Gasteiger partial charge in [-0.3, -0.25) is 0 Å². The van der Waals surface area contributed by atoms with Gasteiger partial charge >= 0.3 is 6.03 Å². The summed E-state index contributed by atoms with van der Waals surface area (Å²) < 4.78 is 1.91. The van der Waals surface area contributed by atoms with Crippen molar-refractivity contribution in [1.29, 1.82) is 0 Å². The molecule has 7 nitrogen and oxygen atoms in total. The Morgan fingerprint density at radius 1 is 1.32 bits per heavy atom. The molecular weight excluding hydrogens is 318 g/mol. The quantitative estimate of drug-likeness (QED) is 0.756. The summed E-state index contributed by atoms with van der Waals surface area (Å²) in [5.41, 5.74) is -0.834. The number of fused-ring (bicyclic) bond motifs is 1. The normalized spacial score (nSPS) is 23.6. The maximum absolute atomic E-state index is 12.2. The minimum atomic E-state index is -0.834. The predicted molar refractivity (Wildman–Crippen MR) is 95.2 cm³/mol. The van der Waals surface area contributed by atoms with Gasteiger partial charge < -0.3 is 15.7 Å². The lowest BCUT2D eigenvalue weighted by molar-refractivity contribution is -0.0131. The minimum Gasteiger partial charge on any atom is -0.388 e. The second-order valence-corrected chi connectivity index (χ2v) is 7.73. The summed E-state index contributed by atoms with van der Waals surface area (Å²) in [5, 5.41) is 21.0. The molecule has 0 aromatic carbocycles. The first-order chi connectivity index (χ1) is 12.0. The van der Waals surface area contributed by atoms with E-state index in [0.717, 1.165) is 43.8 Å². The smallest absolute Gasteiger partial charge is 0.315 e. The van der Waals surface area contributed by atoms with Crippen LogP contribution in [0, 0.1) is 5.92 Å². The molecule has 1 aromatic heterocycles. The van der Waals surface area contributed by atoms with Crippen molar-refractivity contribution in [2.45, 2.75) is 83.4 Å². The number of urea groups is 1. The van der Waals surface area contributed by atoms with Crippen molar-refractivity contribution in [2.24, 2.45) is 5.92 Å². The molecule has 2 heterocycles. The van der Waals surface area contributed by atoms with E-state index in [-0.39, 0.29) is 18.0 Å². The lowest BCUT2D eigenvalue weighted by Crippen LogP contribution is -2.52. The van der Waals surface area contributed by atoms with Crippen LogP contribution in [0.1, 0.15) is 64.0 Å². The number of nitrogens with zero attached hydrogens (tertiary/aromatic N) is 3. The first kappa shape index (κ1) is 18.2. The zero-order valence-corrected chi connectivity index (χ0v) is 15.4. The average Bonchev–Trinajstić information content (AvgIpc) is 3.03. The number of aromatic nitrogens is 3. The second-order valence-electron chi connectivity index (χ2n) is 7.73. The van der Waals surface area contributed by atoms with E-state index in [1.54, 1.807) is 0 Å². The number of nitrogens with one attached hydrogen (secondary N) is 2. The number of hydrogen-bond donors (Lipinski definition) is 3. The van der Waals surface area contributed by atoms with Crippen molar-refractivity contribution in [3.8, 4) is 0 Å². The number of aliphatic hydroxyl groups is 1. The highest BCUT2D eigenvalue weighted by Crippen LogP contribution is 2.32. The average molecular weight is 349 g/mol. The topological polar surface area (TPSA) is 92.1 Å². The Bertz CT molecular complexity index is 592. The highest BCUT2D eigenvalue weighted by atomic mass is 16.3. The Hall–Kier alpha value is -1.63. The van der Waals surface area contributed by atoms with Crippen LogP contribution in [0.25, 0.3) is 0 Å². The molecule has 0 unspecified atom stereocenters. The lowest BCUT2D eigenvalue weighted by Gasteiger charge is -2.35. The van der Waals surface area contributed by atoms with E-state index in [4.69, 9.17) is 0 Å². The second kappa shape index (κ2) is 7.72. The van der Waals surface area contributed by atoms with E-state index >= 15 is 0 Å². The van der Waals surface area contributed by atoms with Crippen LogP contribution in [0.5, 0.6) is 0 Å². The van der Waals surface area contributed by atoms with Crippen molar-refractivity contribution < 1.29 is 9.90 Å². The molecule has 2 amide bonds. The van der Waals surface area contributed by atoms with E-state index in [1.165, 1.54) is 19.3 Å². The Kier molecular flexibility index (Phi) is 5.61. The van der Waals surface area contributed by atoms with Gasteiger partial charge in [-0.2, -0.15) is 5.10 Å². The Morgan fingerprint density at radius 2 is 2.08 bits per heavy atom. The summed E-state index contributed by atoms with van der Waals surface area (Å²) in [6, 6.07) is -0.154. The first-order valence-electron chi connectivity index (χ1n) is 9.67. The van der Waals surface area contributed by atoms with Gasteiger partial charge in [-0.15, -0.1) is 0 Å². The summed E-state index contributed by atoms with van der Waals surface area (Å²) in [5.74, 6) is 2.15. The third-order valence-electron chi connectivity index (χ3n) is 5.64. The van der Waals surface area contributed by atoms with Crippen LogP contribution >= 0.6 is 0 Å². The predicted octanol–water partition coefficient (Wildman–Crippen LogP) is 1.79. The van der Waals surface area contributed by atoms with Crippen molar-refractivity contribution in [1.82, 2.24) is 25.4 Å². The lowest BCUT2D eigenvalue weighted by atomic mass is 9.78. The molecule has 3 N–H and O–H groups in total. The Morgan fingerprint density at radius 3 is 2.80 bits per heavy atom. The molecule has 1 saturated carbocycles. The summed E-state index contributed by atoms with van der Waals surface area (Å²) in [6.07, 6.45) is 8.23. The molecule has 1 aromatic rings. The minimum absolute atomic E-state index is 0.0542. The van der Waals surface area contributed by atoms with Crippen LogP contribution in [0.3, 0.4) is 0 Å². The van der Waals surface area contributed by atoms with Crippen LogP contribution in [-0.2, 0) is 19.4 Å². The van der Waals surface area contributed by atoms with Gasteiger partial charge in [0.15, 0.2) is 5.82 Å². The highest BCUT2D eigenvalue weighted by Gasteiger charge is 2.33. The molecule has 1 fully saturated rings. The summed E-state index contributed by atoms with van der Waals surface area (Å²) in [7, 11) is 0. The van der Waals surface area contributed by atoms with Gasteiger partial charge in [0.1, 0.15) is 5.82 Å². The molecule has 140 valence electrons. The zero-order valence-electron chi connectivity index (χ0n) is 15.4. The fraction of sp³-hybridized carbons (Fsp3) is 0.833. The molecule has 2 atom stereocenters. The van der Waals surface area contributed by atoms with Crippen molar-refractivity contribution in [3.05, 3.63) is 11.6 Å². The molecule has 0 spiro atoms. The standard InChI is InChI=1S/C18H31N5O2/c1-3-15-21-16-10-9-14(11-23(16)22-15)20-17(24)19-12-18(2,25)13-7-5-4-6-8-13/h13-14,25H,3-12H2,1-2H3,(H2,19,20,24)/t14-,18-/m1/s1. The Balaban J connectivity index is 1.46. The van der Waals surface area contributed by atoms with Crippen LogP contribution < -0.4 is 10.6 Å². The van der Waals surface area contributed by atoms with E-state index in [2.05, 4.69) is 20.7 Å². The van der Waals surface area contributed by atoms with Gasteiger partial charge in [0.2, 0.25) is 0 Å². The van der Waals surface area contributed by atoms with Gasteiger partial charge in [0.05, 0.1) is 18.2 Å². The number of carbonyl (C=O) groups excluding carboxylic acids is 1. The fourth-order valence-corrected chi connectivity index (χ4v) is 3.99. The van der Waals surface area contributed by atoms with Gasteiger partial charge in [-0.05, 0) is 32.1 Å². The van der Waals surface area contributed by atoms with Crippen molar-refractivity contribution in [3.63, 3.8) is 0 Å². The SMILES string of the molecule is CCc1nc2n(n1)C[C@H](NC(=O)NC[C@@](C)(O)C1CCCCC1)CC2. The maximum atomic E-state index is 12.2. The van der Waals surface area contributed by atoms with Gasteiger partial charge in [0.25, 0.3) is 0 Å². The van der Waals surface area contributed by atoms with E-state index in [9.17, 15) is 9.90 Å². The molecule has 7 heteroatoms. The summed E-state index contributed by atoms with van der Waals surface area (Å²) in [6.45, 7) is 4.85. The number of carbonyl (C=O) groups is 1. The third-order valence-corrected chi connectivity index (χ3v) is 5.64. The third kappa shape index (κ3) is 4.51. The van der Waals surface area contributed by atoms with Gasteiger partial charge in [0, 0.05) is 19.4 Å². The molecule has 0 saturated heterocycles. The largest absolute Gasteiger partial charge is 0.388 e. The maximum Gasteiger partial charge on any atom is 0.315 e. The molecule has 25 heavy (non-hydrogen) atoms. The number of hydrogen-bond acceptors (Lipinski definition) is 4. The van der Waals surface area contributed by atoms with Crippen molar-refractivity contribution in [2.75, 3.05) is 6.54 Å². The zero-order chi connectivity index (χ0) is 17.9.